The number of carboxylic acid groups (broad SMARTS) is 1. The monoisotopic (exact) mass is 482 g/mol. The molecule has 0 bridgehead atoms. The first-order chi connectivity index (χ1) is 16.6. The van der Waals surface area contributed by atoms with E-state index in [9.17, 15) is 19.2 Å². The second-order valence-electron chi connectivity index (χ2n) is 8.88. The first-order valence-corrected chi connectivity index (χ1v) is 11.8. The third-order valence-corrected chi connectivity index (χ3v) is 6.03. The summed E-state index contributed by atoms with van der Waals surface area (Å²) in [7, 11) is 0. The van der Waals surface area contributed by atoms with Gasteiger partial charge in [-0.15, -0.1) is 0 Å². The Morgan fingerprint density at radius 1 is 0.857 bits per heavy atom. The highest BCUT2D eigenvalue weighted by molar-refractivity contribution is 5.79. The van der Waals surface area contributed by atoms with E-state index < -0.39 is 18.0 Å². The summed E-state index contributed by atoms with van der Waals surface area (Å²) < 4.78 is 10.8. The van der Waals surface area contributed by atoms with Gasteiger partial charge in [0.05, 0.1) is 0 Å². The lowest BCUT2D eigenvalue weighted by atomic mass is 9.81. The van der Waals surface area contributed by atoms with Crippen molar-refractivity contribution in [3.63, 3.8) is 0 Å². The fraction of sp³-hybridized carbons (Fsp3) is 0.429. The van der Waals surface area contributed by atoms with Gasteiger partial charge in [-0.3, -0.25) is 19.2 Å². The largest absolute Gasteiger partial charge is 0.481 e. The van der Waals surface area contributed by atoms with Gasteiger partial charge in [0.2, 0.25) is 0 Å². The molecule has 0 spiro atoms. The van der Waals surface area contributed by atoms with E-state index in [1.54, 1.807) is 19.1 Å². The summed E-state index contributed by atoms with van der Waals surface area (Å²) in [6.45, 7) is 6.92. The number of rotatable bonds is 13. The van der Waals surface area contributed by atoms with Crippen LogP contribution in [0.2, 0.25) is 0 Å². The second-order valence-corrected chi connectivity index (χ2v) is 8.88. The molecule has 7 nitrogen and oxygen atoms in total. The minimum atomic E-state index is -0.950. The number of ether oxygens (including phenoxy) is 2. The summed E-state index contributed by atoms with van der Waals surface area (Å²) in [6.07, 6.45) is 0.804. The Morgan fingerprint density at radius 2 is 1.46 bits per heavy atom. The zero-order chi connectivity index (χ0) is 26.0. The van der Waals surface area contributed by atoms with Crippen molar-refractivity contribution >= 4 is 23.7 Å². The van der Waals surface area contributed by atoms with E-state index in [2.05, 4.69) is 0 Å². The topological polar surface area (TPSA) is 107 Å². The normalized spacial score (nSPS) is 13.4. The van der Waals surface area contributed by atoms with Crippen LogP contribution in [-0.2, 0) is 23.9 Å². The van der Waals surface area contributed by atoms with Gasteiger partial charge >= 0.3 is 17.9 Å². The number of hydrogen-bond donors (Lipinski definition) is 1. The highest BCUT2D eigenvalue weighted by Crippen LogP contribution is 2.33. The molecule has 0 saturated heterocycles. The number of hydrogen-bond acceptors (Lipinski definition) is 6. The second kappa shape index (κ2) is 13.4. The molecule has 0 aromatic heterocycles. The van der Waals surface area contributed by atoms with Gasteiger partial charge in [0.1, 0.15) is 17.6 Å². The molecular formula is C28H34O7. The van der Waals surface area contributed by atoms with Crippen LogP contribution < -0.4 is 4.74 Å². The Balaban J connectivity index is 2.04. The third kappa shape index (κ3) is 9.35. The predicted molar refractivity (Wildman–Crippen MR) is 131 cm³/mol. The fourth-order valence-electron chi connectivity index (χ4n) is 4.05. The van der Waals surface area contributed by atoms with E-state index in [0.717, 1.165) is 16.7 Å². The summed E-state index contributed by atoms with van der Waals surface area (Å²) in [5.41, 5.74) is 2.94. The molecule has 0 radical (unpaired) electrons. The highest BCUT2D eigenvalue weighted by atomic mass is 16.5. The van der Waals surface area contributed by atoms with Gasteiger partial charge < -0.3 is 14.6 Å². The molecular weight excluding hydrogens is 448 g/mol. The van der Waals surface area contributed by atoms with Crippen molar-refractivity contribution in [2.75, 3.05) is 0 Å². The van der Waals surface area contributed by atoms with E-state index in [1.807, 2.05) is 50.2 Å². The van der Waals surface area contributed by atoms with Gasteiger partial charge in [0, 0.05) is 25.7 Å². The zero-order valence-electron chi connectivity index (χ0n) is 20.8. The maximum absolute atomic E-state index is 12.5. The van der Waals surface area contributed by atoms with E-state index >= 15 is 0 Å². The fourth-order valence-corrected chi connectivity index (χ4v) is 4.05. The molecule has 2 rings (SSSR count). The molecule has 3 atom stereocenters. The molecule has 2 aromatic rings. The van der Waals surface area contributed by atoms with Crippen LogP contribution >= 0.6 is 0 Å². The lowest BCUT2D eigenvalue weighted by Crippen LogP contribution is -2.20. The Hall–Kier alpha value is -3.48. The summed E-state index contributed by atoms with van der Waals surface area (Å²) in [5, 5.41) is 8.66. The molecule has 2 aromatic carbocycles. The minimum Gasteiger partial charge on any atom is -0.481 e. The molecule has 0 amide bonds. The Morgan fingerprint density at radius 3 is 2.00 bits per heavy atom. The Kier molecular flexibility index (Phi) is 10.6. The van der Waals surface area contributed by atoms with E-state index in [0.29, 0.717) is 18.6 Å². The molecule has 1 N–H and O–H groups in total. The number of esters is 2. The minimum absolute atomic E-state index is 0.0291. The van der Waals surface area contributed by atoms with E-state index in [-0.39, 0.29) is 42.9 Å². The number of aryl methyl sites for hydroxylation is 1. The van der Waals surface area contributed by atoms with Crippen molar-refractivity contribution < 1.29 is 33.8 Å². The van der Waals surface area contributed by atoms with Crippen LogP contribution in [0.4, 0.5) is 0 Å². The molecule has 0 aliphatic rings. The van der Waals surface area contributed by atoms with Crippen molar-refractivity contribution in [2.24, 2.45) is 5.92 Å². The highest BCUT2D eigenvalue weighted by Gasteiger charge is 2.26. The first-order valence-electron chi connectivity index (χ1n) is 11.8. The van der Waals surface area contributed by atoms with Crippen LogP contribution in [0.15, 0.2) is 48.5 Å². The summed E-state index contributed by atoms with van der Waals surface area (Å²) in [4.78, 5) is 46.6. The molecule has 188 valence electrons. The predicted octanol–water partition coefficient (Wildman–Crippen LogP) is 5.55. The van der Waals surface area contributed by atoms with Crippen LogP contribution in [0.1, 0.15) is 81.6 Å². The maximum Gasteiger partial charge on any atom is 0.311 e. The third-order valence-electron chi connectivity index (χ3n) is 6.03. The smallest absolute Gasteiger partial charge is 0.311 e. The van der Waals surface area contributed by atoms with Crippen molar-refractivity contribution in [3.05, 3.63) is 65.2 Å². The van der Waals surface area contributed by atoms with Gasteiger partial charge in [-0.1, -0.05) is 48.9 Å². The van der Waals surface area contributed by atoms with Crippen molar-refractivity contribution in [1.82, 2.24) is 0 Å². The number of carbonyl (C=O) groups is 4. The number of aliphatic carboxylic acids is 1. The Labute approximate surface area is 206 Å². The number of carbonyl (C=O) groups excluding carboxylic acids is 3. The van der Waals surface area contributed by atoms with Crippen LogP contribution in [0.25, 0.3) is 0 Å². The van der Waals surface area contributed by atoms with Crippen LogP contribution in [0.3, 0.4) is 0 Å². The SMILES string of the molecule is CC(=O)OC(CCC(C(C)=O)C(C)c1ccc(OC(=O)CCCC(=O)O)cc1)c1ccc(C)cc1. The maximum atomic E-state index is 12.5. The summed E-state index contributed by atoms with van der Waals surface area (Å²) in [5.74, 6) is -1.75. The van der Waals surface area contributed by atoms with Crippen molar-refractivity contribution in [1.29, 1.82) is 0 Å². The molecule has 0 fully saturated rings. The van der Waals surface area contributed by atoms with Crippen LogP contribution in [0, 0.1) is 12.8 Å². The molecule has 7 heteroatoms. The van der Waals surface area contributed by atoms with Crippen LogP contribution in [0.5, 0.6) is 5.75 Å². The van der Waals surface area contributed by atoms with Crippen LogP contribution in [-0.4, -0.2) is 28.8 Å². The average Bonchev–Trinajstić information content (AvgIpc) is 2.78. The standard InChI is InChI=1S/C28H34O7/c1-18-8-10-23(11-9-18)26(34-21(4)30)17-16-25(20(3)29)19(2)22-12-14-24(15-13-22)35-28(33)7-5-6-27(31)32/h8-15,19,25-26H,5-7,16-17H2,1-4H3,(H,31,32). The van der Waals surface area contributed by atoms with Crippen molar-refractivity contribution in [2.45, 2.75) is 71.8 Å². The molecule has 0 aliphatic heterocycles. The molecule has 35 heavy (non-hydrogen) atoms. The summed E-state index contributed by atoms with van der Waals surface area (Å²) >= 11 is 0. The van der Waals surface area contributed by atoms with E-state index in [4.69, 9.17) is 14.6 Å². The van der Waals surface area contributed by atoms with Gasteiger partial charge in [-0.25, -0.2) is 0 Å². The lowest BCUT2D eigenvalue weighted by molar-refractivity contribution is -0.147. The lowest BCUT2D eigenvalue weighted by Gasteiger charge is -2.25. The first kappa shape index (κ1) is 27.8. The molecule has 0 heterocycles. The van der Waals surface area contributed by atoms with Gasteiger partial charge in [0.25, 0.3) is 0 Å². The number of carboxylic acids is 1. The Bertz CT molecular complexity index is 1010. The molecule has 0 saturated carbocycles. The number of ketones is 1. The molecule has 0 aliphatic carbocycles. The van der Waals surface area contributed by atoms with E-state index in [1.165, 1.54) is 6.92 Å². The van der Waals surface area contributed by atoms with Crippen molar-refractivity contribution in [3.8, 4) is 5.75 Å². The van der Waals surface area contributed by atoms with Gasteiger partial charge in [0.15, 0.2) is 0 Å². The number of benzene rings is 2. The zero-order valence-corrected chi connectivity index (χ0v) is 20.8. The number of Topliss-reactive ketones (excluding diaryl/α,β-unsaturated/α-hetero) is 1. The quantitative estimate of drug-likeness (QED) is 0.295. The summed E-state index contributed by atoms with van der Waals surface area (Å²) in [6, 6.07) is 14.8. The van der Waals surface area contributed by atoms with Gasteiger partial charge in [-0.2, -0.15) is 0 Å². The van der Waals surface area contributed by atoms with Gasteiger partial charge in [-0.05, 0) is 62.3 Å². The average molecular weight is 483 g/mol. The molecule has 3 unspecified atom stereocenters.